The Morgan fingerprint density at radius 2 is 2.12 bits per heavy atom. The smallest absolute Gasteiger partial charge is 0.331 e. The molecule has 0 fully saturated rings. The summed E-state index contributed by atoms with van der Waals surface area (Å²) in [4.78, 5) is 10.9. The number of nitrogens with two attached hydrogens (primary N) is 1. The highest BCUT2D eigenvalue weighted by Gasteiger charge is 2.10. The molecule has 0 aliphatic heterocycles. The molecule has 1 aromatic carbocycles. The maximum Gasteiger partial charge on any atom is 0.331 e. The van der Waals surface area contributed by atoms with Gasteiger partial charge in [-0.15, -0.1) is 0 Å². The number of methoxy groups -OCH3 is 1. The zero-order chi connectivity index (χ0) is 12.8. The minimum absolute atomic E-state index is 0.0605. The fourth-order valence-electron chi connectivity index (χ4n) is 1.58. The molecule has 0 heterocycles. The summed E-state index contributed by atoms with van der Waals surface area (Å²) in [5.41, 5.74) is 9.36. The number of esters is 1. The summed E-state index contributed by atoms with van der Waals surface area (Å²) < 4.78 is 9.67. The maximum absolute atomic E-state index is 10.9. The van der Waals surface area contributed by atoms with Crippen molar-refractivity contribution in [1.29, 1.82) is 0 Å². The third-order valence-electron chi connectivity index (χ3n) is 2.58. The van der Waals surface area contributed by atoms with E-state index in [1.165, 1.54) is 7.11 Å². The highest BCUT2D eigenvalue weighted by Crippen LogP contribution is 2.17. The van der Waals surface area contributed by atoms with E-state index in [-0.39, 0.29) is 12.6 Å². The van der Waals surface area contributed by atoms with Gasteiger partial charge in [0.15, 0.2) is 0 Å². The summed E-state index contributed by atoms with van der Waals surface area (Å²) in [6.07, 6.45) is 0. The van der Waals surface area contributed by atoms with E-state index in [0.29, 0.717) is 6.61 Å². The molecule has 1 aromatic rings. The fraction of sp³-hybridized carbons (Fsp3) is 0.462. The van der Waals surface area contributed by atoms with Crippen LogP contribution in [0.4, 0.5) is 0 Å². The lowest BCUT2D eigenvalue weighted by molar-refractivity contribution is -0.146. The molecule has 2 N–H and O–H groups in total. The predicted molar refractivity (Wildman–Crippen MR) is 65.7 cm³/mol. The van der Waals surface area contributed by atoms with E-state index in [9.17, 15) is 4.79 Å². The van der Waals surface area contributed by atoms with Crippen LogP contribution < -0.4 is 5.73 Å². The molecule has 4 nitrogen and oxygen atoms in total. The summed E-state index contributed by atoms with van der Waals surface area (Å²) in [5.74, 6) is -0.391. The Morgan fingerprint density at radius 1 is 1.41 bits per heavy atom. The van der Waals surface area contributed by atoms with Gasteiger partial charge in [0, 0.05) is 0 Å². The van der Waals surface area contributed by atoms with Crippen LogP contribution in [0.15, 0.2) is 18.2 Å². The fourth-order valence-corrected chi connectivity index (χ4v) is 1.58. The number of rotatable bonds is 5. The van der Waals surface area contributed by atoms with Crippen LogP contribution in [-0.4, -0.2) is 26.3 Å². The molecular weight excluding hydrogens is 218 g/mol. The molecule has 0 spiro atoms. The van der Waals surface area contributed by atoms with Gasteiger partial charge in [-0.25, -0.2) is 4.79 Å². The monoisotopic (exact) mass is 237 g/mol. The van der Waals surface area contributed by atoms with Gasteiger partial charge < -0.3 is 15.2 Å². The summed E-state index contributed by atoms with van der Waals surface area (Å²) in [6, 6.07) is 5.90. The number of carbonyl (C=O) groups is 1. The van der Waals surface area contributed by atoms with Crippen LogP contribution >= 0.6 is 0 Å². The van der Waals surface area contributed by atoms with Gasteiger partial charge in [0.05, 0.1) is 19.8 Å². The molecule has 0 aliphatic rings. The van der Waals surface area contributed by atoms with Gasteiger partial charge in [0.1, 0.15) is 6.61 Å². The van der Waals surface area contributed by atoms with E-state index in [0.717, 1.165) is 16.7 Å². The number of hydrogen-bond acceptors (Lipinski definition) is 4. The van der Waals surface area contributed by atoms with Gasteiger partial charge in [0.25, 0.3) is 0 Å². The molecule has 94 valence electrons. The van der Waals surface area contributed by atoms with Gasteiger partial charge in [-0.3, -0.25) is 0 Å². The van der Waals surface area contributed by atoms with Crippen molar-refractivity contribution in [2.24, 2.45) is 5.73 Å². The molecule has 1 atom stereocenters. The zero-order valence-corrected chi connectivity index (χ0v) is 10.5. The number of ether oxygens (including phenoxy) is 2. The molecule has 1 unspecified atom stereocenters. The standard InChI is InChI=1S/C13H19NO3/c1-9-4-5-10(2)11(6-9)12(14)7-17-8-13(15)16-3/h4-6,12H,7-8,14H2,1-3H3. The molecule has 0 radical (unpaired) electrons. The second-order valence-electron chi connectivity index (χ2n) is 4.06. The first-order chi connectivity index (χ1) is 8.04. The van der Waals surface area contributed by atoms with Crippen molar-refractivity contribution in [2.45, 2.75) is 19.9 Å². The van der Waals surface area contributed by atoms with Crippen molar-refractivity contribution < 1.29 is 14.3 Å². The van der Waals surface area contributed by atoms with Crippen LogP contribution in [0.3, 0.4) is 0 Å². The van der Waals surface area contributed by atoms with E-state index >= 15 is 0 Å². The molecule has 0 bridgehead atoms. The van der Waals surface area contributed by atoms with Gasteiger partial charge in [0.2, 0.25) is 0 Å². The SMILES string of the molecule is COC(=O)COCC(N)c1cc(C)ccc1C. The highest BCUT2D eigenvalue weighted by atomic mass is 16.6. The average Bonchev–Trinajstić information content (AvgIpc) is 2.31. The Morgan fingerprint density at radius 3 is 2.76 bits per heavy atom. The molecule has 0 amide bonds. The molecule has 0 aromatic heterocycles. The summed E-state index contributed by atoms with van der Waals surface area (Å²) in [7, 11) is 1.33. The second kappa shape index (κ2) is 6.37. The molecule has 1 rings (SSSR count). The first-order valence-electron chi connectivity index (χ1n) is 5.52. The molecule has 0 saturated carbocycles. The lowest BCUT2D eigenvalue weighted by Gasteiger charge is -2.15. The lowest BCUT2D eigenvalue weighted by atomic mass is 10.00. The average molecular weight is 237 g/mol. The second-order valence-corrected chi connectivity index (χ2v) is 4.06. The Balaban J connectivity index is 2.54. The Hall–Kier alpha value is -1.39. The van der Waals surface area contributed by atoms with Crippen molar-refractivity contribution in [2.75, 3.05) is 20.3 Å². The minimum atomic E-state index is -0.391. The Kier molecular flexibility index (Phi) is 5.12. The Bertz CT molecular complexity index is 390. The van der Waals surface area contributed by atoms with Gasteiger partial charge in [-0.05, 0) is 25.0 Å². The highest BCUT2D eigenvalue weighted by molar-refractivity contribution is 5.70. The first-order valence-corrected chi connectivity index (χ1v) is 5.52. The number of aryl methyl sites for hydroxylation is 2. The van der Waals surface area contributed by atoms with Crippen molar-refractivity contribution >= 4 is 5.97 Å². The summed E-state index contributed by atoms with van der Waals surface area (Å²) >= 11 is 0. The largest absolute Gasteiger partial charge is 0.467 e. The zero-order valence-electron chi connectivity index (χ0n) is 10.5. The lowest BCUT2D eigenvalue weighted by Crippen LogP contribution is -2.21. The van der Waals surface area contributed by atoms with E-state index in [4.69, 9.17) is 10.5 Å². The van der Waals surface area contributed by atoms with Crippen molar-refractivity contribution in [3.05, 3.63) is 34.9 Å². The first kappa shape index (κ1) is 13.7. The van der Waals surface area contributed by atoms with Crippen LogP contribution in [0.1, 0.15) is 22.7 Å². The molecule has 4 heteroatoms. The van der Waals surface area contributed by atoms with Gasteiger partial charge in [-0.2, -0.15) is 0 Å². The number of hydrogen-bond donors (Lipinski definition) is 1. The Labute approximate surface area is 102 Å². The van der Waals surface area contributed by atoms with E-state index in [2.05, 4.69) is 4.74 Å². The van der Waals surface area contributed by atoms with Crippen molar-refractivity contribution in [1.82, 2.24) is 0 Å². The maximum atomic E-state index is 10.9. The third kappa shape index (κ3) is 4.17. The van der Waals surface area contributed by atoms with E-state index < -0.39 is 5.97 Å². The predicted octanol–water partition coefficient (Wildman–Crippen LogP) is 1.49. The molecule has 0 saturated heterocycles. The van der Waals surface area contributed by atoms with Gasteiger partial charge in [-0.1, -0.05) is 23.8 Å². The van der Waals surface area contributed by atoms with Crippen LogP contribution in [0.5, 0.6) is 0 Å². The van der Waals surface area contributed by atoms with Crippen molar-refractivity contribution in [3.8, 4) is 0 Å². The molecule has 0 aliphatic carbocycles. The van der Waals surface area contributed by atoms with Crippen molar-refractivity contribution in [3.63, 3.8) is 0 Å². The number of benzene rings is 1. The van der Waals surface area contributed by atoms with Crippen LogP contribution in [0, 0.1) is 13.8 Å². The summed E-state index contributed by atoms with van der Waals surface area (Å²) in [5, 5.41) is 0. The minimum Gasteiger partial charge on any atom is -0.467 e. The van der Waals surface area contributed by atoms with Gasteiger partial charge >= 0.3 is 5.97 Å². The van der Waals surface area contributed by atoms with E-state index in [1.807, 2.05) is 32.0 Å². The summed E-state index contributed by atoms with van der Waals surface area (Å²) in [6.45, 7) is 4.27. The topological polar surface area (TPSA) is 61.5 Å². The van der Waals surface area contributed by atoms with Crippen LogP contribution in [-0.2, 0) is 14.3 Å². The third-order valence-corrected chi connectivity index (χ3v) is 2.58. The normalized spacial score (nSPS) is 12.2. The molecular formula is C13H19NO3. The van der Waals surface area contributed by atoms with Crippen LogP contribution in [0.25, 0.3) is 0 Å². The van der Waals surface area contributed by atoms with E-state index in [1.54, 1.807) is 0 Å². The number of carbonyl (C=O) groups excluding carboxylic acids is 1. The quantitative estimate of drug-likeness (QED) is 0.788. The van der Waals surface area contributed by atoms with Crippen LogP contribution in [0.2, 0.25) is 0 Å². The molecule has 17 heavy (non-hydrogen) atoms.